The number of anilines is 1. The lowest BCUT2D eigenvalue weighted by atomic mass is 10.3. The number of carbonyl (C=O) groups is 1. The second kappa shape index (κ2) is 8.02. The summed E-state index contributed by atoms with van der Waals surface area (Å²) in [4.78, 5) is 16.5. The van der Waals surface area contributed by atoms with E-state index in [4.69, 9.17) is 4.74 Å². The van der Waals surface area contributed by atoms with Crippen molar-refractivity contribution in [2.45, 2.75) is 6.92 Å². The van der Waals surface area contributed by atoms with Crippen LogP contribution in [0.4, 0.5) is 10.6 Å². The van der Waals surface area contributed by atoms with Gasteiger partial charge >= 0.3 is 6.03 Å². The van der Waals surface area contributed by atoms with Crippen LogP contribution < -0.4 is 10.1 Å². The van der Waals surface area contributed by atoms with E-state index in [0.717, 1.165) is 36.9 Å². The van der Waals surface area contributed by atoms with Crippen molar-refractivity contribution in [3.05, 3.63) is 42.1 Å². The second-order valence-electron chi connectivity index (χ2n) is 6.21. The van der Waals surface area contributed by atoms with Crippen LogP contribution in [0.25, 0.3) is 0 Å². The molecule has 1 aliphatic rings. The number of piperazine rings is 1. The quantitative estimate of drug-likeness (QED) is 0.901. The Bertz CT molecular complexity index is 693. The Morgan fingerprint density at radius 3 is 2.56 bits per heavy atom. The SMILES string of the molecule is Cc1cc(NC(=O)N2CCN(CCOc3ccccc3)CC2)n(C)n1. The van der Waals surface area contributed by atoms with Crippen molar-refractivity contribution >= 4 is 11.8 Å². The molecule has 2 amide bonds. The van der Waals surface area contributed by atoms with Crippen molar-refractivity contribution in [1.29, 1.82) is 0 Å². The topological polar surface area (TPSA) is 62.6 Å². The van der Waals surface area contributed by atoms with E-state index < -0.39 is 0 Å². The highest BCUT2D eigenvalue weighted by Gasteiger charge is 2.21. The number of para-hydroxylation sites is 1. The normalized spacial score (nSPS) is 15.2. The summed E-state index contributed by atoms with van der Waals surface area (Å²) in [7, 11) is 1.83. The number of aromatic nitrogens is 2. The molecule has 2 aromatic rings. The molecule has 7 heteroatoms. The van der Waals surface area contributed by atoms with Crippen LogP contribution in [0.1, 0.15) is 5.69 Å². The van der Waals surface area contributed by atoms with Crippen LogP contribution in [0.5, 0.6) is 5.75 Å². The molecule has 25 heavy (non-hydrogen) atoms. The van der Waals surface area contributed by atoms with E-state index in [1.54, 1.807) is 4.68 Å². The minimum absolute atomic E-state index is 0.0665. The number of nitrogens with zero attached hydrogens (tertiary/aromatic N) is 4. The third kappa shape index (κ3) is 4.73. The first-order valence-corrected chi connectivity index (χ1v) is 8.58. The number of rotatable bonds is 5. The maximum atomic E-state index is 12.4. The molecule has 0 bridgehead atoms. The standard InChI is InChI=1S/C18H25N5O2/c1-15-14-17(21(2)20-15)19-18(24)23-10-8-22(9-11-23)12-13-25-16-6-4-3-5-7-16/h3-7,14H,8-13H2,1-2H3,(H,19,24). The maximum Gasteiger partial charge on any atom is 0.323 e. The van der Waals surface area contributed by atoms with Crippen LogP contribution in [0.2, 0.25) is 0 Å². The summed E-state index contributed by atoms with van der Waals surface area (Å²) in [6.07, 6.45) is 0. The summed E-state index contributed by atoms with van der Waals surface area (Å²) < 4.78 is 7.42. The number of aryl methyl sites for hydroxylation is 2. The highest BCUT2D eigenvalue weighted by atomic mass is 16.5. The molecule has 0 radical (unpaired) electrons. The van der Waals surface area contributed by atoms with Crippen LogP contribution in [0.15, 0.2) is 36.4 Å². The zero-order valence-electron chi connectivity index (χ0n) is 14.8. The van der Waals surface area contributed by atoms with Gasteiger partial charge in [0.2, 0.25) is 0 Å². The van der Waals surface area contributed by atoms with Gasteiger partial charge in [-0.15, -0.1) is 0 Å². The number of hydrogen-bond donors (Lipinski definition) is 1. The molecule has 7 nitrogen and oxygen atoms in total. The fourth-order valence-electron chi connectivity index (χ4n) is 2.90. The number of carbonyl (C=O) groups excluding carboxylic acids is 1. The smallest absolute Gasteiger partial charge is 0.323 e. The molecule has 0 saturated carbocycles. The number of nitrogens with one attached hydrogen (secondary N) is 1. The predicted molar refractivity (Wildman–Crippen MR) is 96.9 cm³/mol. The van der Waals surface area contributed by atoms with Gasteiger partial charge in [0.15, 0.2) is 0 Å². The van der Waals surface area contributed by atoms with E-state index in [0.29, 0.717) is 19.7 Å². The maximum absolute atomic E-state index is 12.4. The van der Waals surface area contributed by atoms with Crippen LogP contribution in [0, 0.1) is 6.92 Å². The van der Waals surface area contributed by atoms with E-state index in [9.17, 15) is 4.79 Å². The van der Waals surface area contributed by atoms with Crippen molar-refractivity contribution < 1.29 is 9.53 Å². The van der Waals surface area contributed by atoms with Gasteiger partial charge in [0.05, 0.1) is 5.69 Å². The van der Waals surface area contributed by atoms with Crippen LogP contribution >= 0.6 is 0 Å². The molecule has 3 rings (SSSR count). The first-order valence-electron chi connectivity index (χ1n) is 8.58. The third-order valence-electron chi connectivity index (χ3n) is 4.32. The van der Waals surface area contributed by atoms with Crippen LogP contribution in [-0.4, -0.2) is 64.9 Å². The highest BCUT2D eigenvalue weighted by molar-refractivity contribution is 5.88. The molecule has 134 valence electrons. The molecule has 0 spiro atoms. The Morgan fingerprint density at radius 1 is 1.20 bits per heavy atom. The van der Waals surface area contributed by atoms with Crippen LogP contribution in [-0.2, 0) is 7.05 Å². The van der Waals surface area contributed by atoms with Crippen molar-refractivity contribution in [3.63, 3.8) is 0 Å². The number of ether oxygens (including phenoxy) is 1. The first kappa shape index (κ1) is 17.3. The molecular formula is C18H25N5O2. The zero-order chi connectivity index (χ0) is 17.6. The number of amides is 2. The summed E-state index contributed by atoms with van der Waals surface area (Å²) in [6, 6.07) is 11.6. The molecule has 1 aromatic carbocycles. The van der Waals surface area contributed by atoms with Gasteiger partial charge in [0.25, 0.3) is 0 Å². The molecular weight excluding hydrogens is 318 g/mol. The first-order chi connectivity index (χ1) is 12.1. The summed E-state index contributed by atoms with van der Waals surface area (Å²) in [6.45, 7) is 6.58. The number of urea groups is 1. The summed E-state index contributed by atoms with van der Waals surface area (Å²) in [5, 5.41) is 7.17. The Balaban J connectivity index is 1.39. The molecule has 0 aliphatic carbocycles. The molecule has 0 atom stereocenters. The largest absolute Gasteiger partial charge is 0.492 e. The summed E-state index contributed by atoms with van der Waals surface area (Å²) in [5.41, 5.74) is 0.890. The Kier molecular flexibility index (Phi) is 5.55. The molecule has 0 unspecified atom stereocenters. The van der Waals surface area contributed by atoms with Gasteiger partial charge < -0.3 is 9.64 Å². The highest BCUT2D eigenvalue weighted by Crippen LogP contribution is 2.11. The van der Waals surface area contributed by atoms with E-state index in [1.165, 1.54) is 0 Å². The summed E-state index contributed by atoms with van der Waals surface area (Å²) >= 11 is 0. The van der Waals surface area contributed by atoms with Gasteiger partial charge in [-0.3, -0.25) is 14.9 Å². The fourth-order valence-corrected chi connectivity index (χ4v) is 2.90. The minimum atomic E-state index is -0.0665. The lowest BCUT2D eigenvalue weighted by Gasteiger charge is -2.34. The van der Waals surface area contributed by atoms with Gasteiger partial charge in [-0.1, -0.05) is 18.2 Å². The lowest BCUT2D eigenvalue weighted by Crippen LogP contribution is -2.50. The average molecular weight is 343 g/mol. The van der Waals surface area contributed by atoms with Gasteiger partial charge in [-0.2, -0.15) is 5.10 Å². The molecule has 1 fully saturated rings. The van der Waals surface area contributed by atoms with Gasteiger partial charge in [0.1, 0.15) is 18.2 Å². The van der Waals surface area contributed by atoms with E-state index in [1.807, 2.05) is 55.3 Å². The molecule has 2 heterocycles. The van der Waals surface area contributed by atoms with E-state index in [-0.39, 0.29) is 6.03 Å². The molecule has 1 saturated heterocycles. The van der Waals surface area contributed by atoms with Gasteiger partial charge in [-0.25, -0.2) is 4.79 Å². The molecule has 1 aromatic heterocycles. The average Bonchev–Trinajstić information content (AvgIpc) is 2.93. The van der Waals surface area contributed by atoms with Crippen molar-refractivity contribution in [2.75, 3.05) is 44.6 Å². The second-order valence-corrected chi connectivity index (χ2v) is 6.21. The van der Waals surface area contributed by atoms with Crippen molar-refractivity contribution in [2.24, 2.45) is 7.05 Å². The Labute approximate surface area is 148 Å². The lowest BCUT2D eigenvalue weighted by molar-refractivity contribution is 0.132. The van der Waals surface area contributed by atoms with Gasteiger partial charge in [-0.05, 0) is 19.1 Å². The van der Waals surface area contributed by atoms with Crippen molar-refractivity contribution in [3.8, 4) is 5.75 Å². The van der Waals surface area contributed by atoms with Crippen molar-refractivity contribution in [1.82, 2.24) is 19.6 Å². The Morgan fingerprint density at radius 2 is 1.92 bits per heavy atom. The monoisotopic (exact) mass is 343 g/mol. The van der Waals surface area contributed by atoms with E-state index >= 15 is 0 Å². The molecule has 1 aliphatic heterocycles. The zero-order valence-corrected chi connectivity index (χ0v) is 14.8. The summed E-state index contributed by atoms with van der Waals surface area (Å²) in [5.74, 6) is 1.62. The Hall–Kier alpha value is -2.54. The molecule has 1 N–H and O–H groups in total. The fraction of sp³-hybridized carbons (Fsp3) is 0.444. The number of hydrogen-bond acceptors (Lipinski definition) is 4. The van der Waals surface area contributed by atoms with Crippen LogP contribution in [0.3, 0.4) is 0 Å². The minimum Gasteiger partial charge on any atom is -0.492 e. The van der Waals surface area contributed by atoms with E-state index in [2.05, 4.69) is 15.3 Å². The van der Waals surface area contributed by atoms with Gasteiger partial charge in [0, 0.05) is 45.8 Å². The number of benzene rings is 1. The predicted octanol–water partition coefficient (Wildman–Crippen LogP) is 1.96. The third-order valence-corrected chi connectivity index (χ3v) is 4.32.